The van der Waals surface area contributed by atoms with Crippen molar-refractivity contribution in [1.29, 1.82) is 5.26 Å². The summed E-state index contributed by atoms with van der Waals surface area (Å²) in [7, 11) is 0. The number of nitrogens with one attached hydrogen (secondary N) is 1. The van der Waals surface area contributed by atoms with Crippen LogP contribution in [0.2, 0.25) is 5.02 Å². The molecule has 0 saturated heterocycles. The van der Waals surface area contributed by atoms with Gasteiger partial charge in [-0.1, -0.05) is 29.8 Å². The van der Waals surface area contributed by atoms with Crippen molar-refractivity contribution in [2.75, 3.05) is 16.8 Å². The van der Waals surface area contributed by atoms with Crippen molar-refractivity contribution in [1.82, 2.24) is 9.13 Å². The zero-order chi connectivity index (χ0) is 24.2. The number of fused-ring (bicyclic) bond motifs is 1. The van der Waals surface area contributed by atoms with Crippen molar-refractivity contribution in [3.63, 3.8) is 0 Å². The van der Waals surface area contributed by atoms with Crippen LogP contribution in [0.15, 0.2) is 58.1 Å². The maximum atomic E-state index is 13.5. The zero-order valence-corrected chi connectivity index (χ0v) is 19.3. The van der Waals surface area contributed by atoms with E-state index in [0.29, 0.717) is 40.9 Å². The molecule has 0 saturated carbocycles. The molecule has 0 fully saturated rings. The molecule has 0 aliphatic carbocycles. The summed E-state index contributed by atoms with van der Waals surface area (Å²) < 4.78 is 8.79. The van der Waals surface area contributed by atoms with Crippen LogP contribution in [0.1, 0.15) is 24.5 Å². The maximum Gasteiger partial charge on any atom is 0.332 e. The average molecular weight is 482 g/mol. The number of ether oxygens (including phenoxy) is 1. The monoisotopic (exact) mass is 481 g/mol. The van der Waals surface area contributed by atoms with Gasteiger partial charge in [0.05, 0.1) is 11.6 Å². The highest BCUT2D eigenvalue weighted by atomic mass is 35.5. The van der Waals surface area contributed by atoms with Gasteiger partial charge in [0.1, 0.15) is 17.3 Å². The number of hydrogen-bond donors (Lipinski definition) is 2. The molecule has 1 atom stereocenters. The van der Waals surface area contributed by atoms with E-state index in [1.165, 1.54) is 4.57 Å². The van der Waals surface area contributed by atoms with E-state index >= 15 is 0 Å². The third-order valence-corrected chi connectivity index (χ3v) is 5.82. The van der Waals surface area contributed by atoms with Crippen LogP contribution in [-0.2, 0) is 19.6 Å². The lowest BCUT2D eigenvalue weighted by Gasteiger charge is -2.26. The van der Waals surface area contributed by atoms with Crippen molar-refractivity contribution in [3.8, 4) is 11.8 Å². The quantitative estimate of drug-likeness (QED) is 0.508. The van der Waals surface area contributed by atoms with Gasteiger partial charge in [0.15, 0.2) is 0 Å². The molecular weight excluding hydrogens is 458 g/mol. The van der Waals surface area contributed by atoms with E-state index in [1.807, 2.05) is 19.1 Å². The predicted octanol–water partition coefficient (Wildman–Crippen LogP) is 2.73. The van der Waals surface area contributed by atoms with E-state index in [4.69, 9.17) is 16.3 Å². The van der Waals surface area contributed by atoms with Crippen LogP contribution >= 0.6 is 11.6 Å². The highest BCUT2D eigenvalue weighted by Crippen LogP contribution is 2.33. The molecule has 34 heavy (non-hydrogen) atoms. The molecule has 176 valence electrons. The molecule has 0 spiro atoms. The molecule has 0 amide bonds. The molecular formula is C24H24ClN5O4. The summed E-state index contributed by atoms with van der Waals surface area (Å²) in [6, 6.07) is 16.0. The summed E-state index contributed by atoms with van der Waals surface area (Å²) in [6.45, 7) is 2.42. The van der Waals surface area contributed by atoms with E-state index in [9.17, 15) is 20.0 Å². The lowest BCUT2D eigenvalue weighted by atomic mass is 10.2. The molecule has 2 aromatic carbocycles. The van der Waals surface area contributed by atoms with Gasteiger partial charge in [-0.3, -0.25) is 13.9 Å². The second-order valence-electron chi connectivity index (χ2n) is 7.77. The third-order valence-electron chi connectivity index (χ3n) is 5.57. The smallest absolute Gasteiger partial charge is 0.332 e. The Bertz CT molecular complexity index is 1340. The largest absolute Gasteiger partial charge is 0.452 e. The summed E-state index contributed by atoms with van der Waals surface area (Å²) in [5.41, 5.74) is 0.709. The van der Waals surface area contributed by atoms with Gasteiger partial charge in [-0.2, -0.15) is 5.26 Å². The van der Waals surface area contributed by atoms with Gasteiger partial charge in [0, 0.05) is 31.3 Å². The van der Waals surface area contributed by atoms with Gasteiger partial charge in [-0.15, -0.1) is 0 Å². The van der Waals surface area contributed by atoms with E-state index in [2.05, 4.69) is 11.4 Å². The van der Waals surface area contributed by atoms with Gasteiger partial charge in [0.25, 0.3) is 11.9 Å². The Kier molecular flexibility index (Phi) is 6.91. The van der Waals surface area contributed by atoms with Gasteiger partial charge < -0.3 is 20.1 Å². The van der Waals surface area contributed by atoms with Gasteiger partial charge in [-0.25, -0.2) is 4.79 Å². The first-order chi connectivity index (χ1) is 16.5. The number of hydrogen-bond acceptors (Lipinski definition) is 7. The van der Waals surface area contributed by atoms with Crippen LogP contribution in [0, 0.1) is 11.3 Å². The number of aliphatic hydroxyl groups excluding tert-OH is 1. The fraction of sp³-hybridized carbons (Fsp3) is 0.292. The summed E-state index contributed by atoms with van der Waals surface area (Å²) in [4.78, 5) is 28.3. The SMILES string of the molecule is CCn1c2c(c(=O)n(CCCO)c1=O)N(Cc1ccc(Cl)cc1)C(Oc1cccc(C#N)c1)N2. The van der Waals surface area contributed by atoms with Crippen LogP contribution in [0.25, 0.3) is 0 Å². The molecule has 1 unspecified atom stereocenters. The standard InChI is InChI=1S/C24H24ClN5O4/c1-2-28-21-20(22(32)29(24(28)33)11-4-12-31)30(15-16-7-9-18(25)10-8-16)23(27-21)34-19-6-3-5-17(13-19)14-26/h3,5-10,13,23,27,31H,2,4,11-12,15H2,1H3. The summed E-state index contributed by atoms with van der Waals surface area (Å²) in [5.74, 6) is 0.810. The van der Waals surface area contributed by atoms with Crippen molar-refractivity contribution >= 4 is 23.1 Å². The minimum Gasteiger partial charge on any atom is -0.452 e. The van der Waals surface area contributed by atoms with Crippen LogP contribution < -0.4 is 26.2 Å². The van der Waals surface area contributed by atoms with Crippen LogP contribution in [0.4, 0.5) is 11.5 Å². The topological polar surface area (TPSA) is 113 Å². The molecule has 1 aromatic heterocycles. The number of halogens is 1. The molecule has 3 aromatic rings. The first-order valence-electron chi connectivity index (χ1n) is 10.9. The molecule has 2 N–H and O–H groups in total. The van der Waals surface area contributed by atoms with Crippen LogP contribution in [-0.4, -0.2) is 27.2 Å². The molecule has 9 nitrogen and oxygen atoms in total. The van der Waals surface area contributed by atoms with Crippen LogP contribution in [0.5, 0.6) is 5.75 Å². The first kappa shape index (κ1) is 23.4. The second-order valence-corrected chi connectivity index (χ2v) is 8.20. The summed E-state index contributed by atoms with van der Waals surface area (Å²) in [6.07, 6.45) is -0.526. The highest BCUT2D eigenvalue weighted by molar-refractivity contribution is 6.30. The Morgan fingerprint density at radius 1 is 1.18 bits per heavy atom. The van der Waals surface area contributed by atoms with E-state index in [0.717, 1.165) is 10.1 Å². The minimum absolute atomic E-state index is 0.103. The third kappa shape index (κ3) is 4.51. The van der Waals surface area contributed by atoms with Crippen molar-refractivity contribution in [2.24, 2.45) is 0 Å². The van der Waals surface area contributed by atoms with Gasteiger partial charge in [-0.05, 0) is 49.2 Å². The lowest BCUT2D eigenvalue weighted by molar-refractivity contribution is 0.227. The normalized spacial score (nSPS) is 14.4. The van der Waals surface area contributed by atoms with Crippen molar-refractivity contribution < 1.29 is 9.84 Å². The zero-order valence-electron chi connectivity index (χ0n) is 18.6. The van der Waals surface area contributed by atoms with Gasteiger partial charge >= 0.3 is 5.69 Å². The number of anilines is 2. The molecule has 1 aliphatic rings. The molecule has 2 heterocycles. The minimum atomic E-state index is -0.807. The fourth-order valence-corrected chi connectivity index (χ4v) is 4.06. The van der Waals surface area contributed by atoms with Crippen molar-refractivity contribution in [3.05, 3.63) is 85.5 Å². The van der Waals surface area contributed by atoms with E-state index in [1.54, 1.807) is 41.3 Å². The lowest BCUT2D eigenvalue weighted by Crippen LogP contribution is -2.43. The van der Waals surface area contributed by atoms with Crippen molar-refractivity contribution in [2.45, 2.75) is 39.3 Å². The van der Waals surface area contributed by atoms with E-state index < -0.39 is 17.6 Å². The molecule has 1 aliphatic heterocycles. The Morgan fingerprint density at radius 2 is 1.94 bits per heavy atom. The number of aliphatic hydroxyl groups is 1. The highest BCUT2D eigenvalue weighted by Gasteiger charge is 2.36. The average Bonchev–Trinajstić information content (AvgIpc) is 3.18. The number of benzene rings is 2. The number of nitriles is 1. The fourth-order valence-electron chi connectivity index (χ4n) is 3.93. The Labute approximate surface area is 201 Å². The maximum absolute atomic E-state index is 13.5. The number of aromatic nitrogens is 2. The molecule has 0 bridgehead atoms. The molecule has 10 heteroatoms. The number of nitrogens with zero attached hydrogens (tertiary/aromatic N) is 4. The molecule has 4 rings (SSSR count). The second kappa shape index (κ2) is 10.0. The number of rotatable bonds is 8. The van der Waals surface area contributed by atoms with E-state index in [-0.39, 0.29) is 19.6 Å². The Morgan fingerprint density at radius 3 is 2.62 bits per heavy atom. The summed E-state index contributed by atoms with van der Waals surface area (Å²) in [5, 5.41) is 22.3. The Hall–Kier alpha value is -3.74. The summed E-state index contributed by atoms with van der Waals surface area (Å²) >= 11 is 6.04. The predicted molar refractivity (Wildman–Crippen MR) is 129 cm³/mol. The Balaban J connectivity index is 1.82. The molecule has 0 radical (unpaired) electrons. The first-order valence-corrected chi connectivity index (χ1v) is 11.3. The van der Waals surface area contributed by atoms with Gasteiger partial charge in [0.2, 0.25) is 0 Å². The van der Waals surface area contributed by atoms with Crippen LogP contribution in [0.3, 0.4) is 0 Å².